The first-order valence-corrected chi connectivity index (χ1v) is 11.5. The van der Waals surface area contributed by atoms with Crippen molar-refractivity contribution < 1.29 is 19.2 Å². The van der Waals surface area contributed by atoms with Crippen LogP contribution in [-0.2, 0) is 16.1 Å². The number of carbonyl (C=O) groups excluding carboxylic acids is 2. The van der Waals surface area contributed by atoms with Gasteiger partial charge in [0.1, 0.15) is 0 Å². The summed E-state index contributed by atoms with van der Waals surface area (Å²) in [6.45, 7) is 5.53. The van der Waals surface area contributed by atoms with Gasteiger partial charge in [0.25, 0.3) is 0 Å². The summed E-state index contributed by atoms with van der Waals surface area (Å²) in [4.78, 5) is 42.5. The summed E-state index contributed by atoms with van der Waals surface area (Å²) in [5, 5.41) is 11.9. The molecule has 3 aromatic rings. The van der Waals surface area contributed by atoms with Crippen molar-refractivity contribution in [1.29, 1.82) is 0 Å². The molecule has 0 saturated heterocycles. The maximum absolute atomic E-state index is 13.2. The minimum atomic E-state index is -0.482. The fourth-order valence-electron chi connectivity index (χ4n) is 3.96. The zero-order valence-corrected chi connectivity index (χ0v) is 20.4. The van der Waals surface area contributed by atoms with Gasteiger partial charge in [0.15, 0.2) is 0 Å². The van der Waals surface area contributed by atoms with Crippen LogP contribution in [0.5, 0.6) is 0 Å². The molecule has 0 atom stereocenters. The molecule has 0 bridgehead atoms. The van der Waals surface area contributed by atoms with E-state index in [1.807, 2.05) is 43.3 Å². The Morgan fingerprint density at radius 1 is 1.09 bits per heavy atom. The van der Waals surface area contributed by atoms with Crippen LogP contribution in [0.1, 0.15) is 53.4 Å². The van der Waals surface area contributed by atoms with Crippen molar-refractivity contribution in [3.05, 3.63) is 87.1 Å². The Morgan fingerprint density at radius 2 is 1.77 bits per heavy atom. The molecule has 35 heavy (non-hydrogen) atoms. The van der Waals surface area contributed by atoms with Gasteiger partial charge in [0, 0.05) is 17.7 Å². The van der Waals surface area contributed by atoms with Crippen LogP contribution in [0.15, 0.2) is 54.6 Å². The second kappa shape index (κ2) is 11.4. The second-order valence-corrected chi connectivity index (χ2v) is 8.33. The topological polar surface area (TPSA) is 103 Å². The van der Waals surface area contributed by atoms with Crippen molar-refractivity contribution in [2.75, 3.05) is 12.0 Å². The maximum Gasteiger partial charge on any atom is 0.338 e. The maximum atomic E-state index is 13.2. The molecule has 0 aliphatic carbocycles. The normalized spacial score (nSPS) is 10.6. The minimum absolute atomic E-state index is 0.0636. The number of ether oxygens (including phenoxy) is 1. The molecular weight excluding hydrogens is 446 g/mol. The summed E-state index contributed by atoms with van der Waals surface area (Å²) >= 11 is 0. The van der Waals surface area contributed by atoms with Crippen LogP contribution in [0.2, 0.25) is 0 Å². The summed E-state index contributed by atoms with van der Waals surface area (Å²) in [6.07, 6.45) is 1.78. The lowest BCUT2D eigenvalue weighted by Crippen LogP contribution is -2.32. The molecule has 8 nitrogen and oxygen atoms in total. The van der Waals surface area contributed by atoms with Gasteiger partial charge in [0.2, 0.25) is 11.7 Å². The molecule has 8 heteroatoms. The molecule has 0 unspecified atom stereocenters. The van der Waals surface area contributed by atoms with E-state index < -0.39 is 10.9 Å². The molecule has 2 aromatic carbocycles. The Balaban J connectivity index is 2.00. The second-order valence-electron chi connectivity index (χ2n) is 8.33. The van der Waals surface area contributed by atoms with Crippen molar-refractivity contribution in [3.63, 3.8) is 0 Å². The van der Waals surface area contributed by atoms with E-state index in [4.69, 9.17) is 4.74 Å². The van der Waals surface area contributed by atoms with Gasteiger partial charge < -0.3 is 4.74 Å². The lowest BCUT2D eigenvalue weighted by atomic mass is 9.98. The highest BCUT2D eigenvalue weighted by atomic mass is 16.6. The third kappa shape index (κ3) is 5.90. The van der Waals surface area contributed by atoms with Crippen molar-refractivity contribution in [2.24, 2.45) is 0 Å². The fourth-order valence-corrected chi connectivity index (χ4v) is 3.96. The molecule has 1 amide bonds. The number of amides is 1. The number of benzene rings is 2. The Bertz CT molecular complexity index is 1240. The Morgan fingerprint density at radius 3 is 2.40 bits per heavy atom. The van der Waals surface area contributed by atoms with Crippen LogP contribution in [0.25, 0.3) is 11.1 Å². The number of rotatable bonds is 9. The number of anilines is 1. The van der Waals surface area contributed by atoms with E-state index >= 15 is 0 Å². The van der Waals surface area contributed by atoms with Crippen molar-refractivity contribution in [3.8, 4) is 11.1 Å². The Kier molecular flexibility index (Phi) is 8.30. The van der Waals surface area contributed by atoms with Gasteiger partial charge in [0.05, 0.1) is 24.1 Å². The van der Waals surface area contributed by atoms with Crippen molar-refractivity contribution in [2.45, 2.75) is 46.6 Å². The van der Waals surface area contributed by atoms with Gasteiger partial charge in [-0.05, 0) is 49.1 Å². The number of nitro groups is 1. The van der Waals surface area contributed by atoms with E-state index in [9.17, 15) is 19.7 Å². The number of methoxy groups -OCH3 is 1. The van der Waals surface area contributed by atoms with Gasteiger partial charge in [-0.1, -0.05) is 55.8 Å². The predicted octanol–water partition coefficient (Wildman–Crippen LogP) is 5.78. The number of hydrogen-bond donors (Lipinski definition) is 0. The smallest absolute Gasteiger partial charge is 0.338 e. The molecule has 3 rings (SSSR count). The molecular formula is C27H29N3O5. The van der Waals surface area contributed by atoms with Crippen LogP contribution in [0.4, 0.5) is 11.5 Å². The summed E-state index contributed by atoms with van der Waals surface area (Å²) in [7, 11) is 1.34. The zero-order valence-electron chi connectivity index (χ0n) is 20.4. The number of unbranched alkanes of at least 4 members (excludes halogenated alkanes) is 1. The highest BCUT2D eigenvalue weighted by Crippen LogP contribution is 2.32. The standard InChI is InChI=1S/C27H29N3O5/c1-5-6-11-24(31)29(26-25(30(33)34)18(2)16-19(3)28-26)17-20-12-14-21(15-13-20)22-9-7-8-10-23(22)27(32)35-4/h7-10,12-16H,5-6,11,17H2,1-4H3. The van der Waals surface area contributed by atoms with Crippen LogP contribution in [-0.4, -0.2) is 28.9 Å². The van der Waals surface area contributed by atoms with Crippen LogP contribution >= 0.6 is 0 Å². The lowest BCUT2D eigenvalue weighted by Gasteiger charge is -2.23. The Hall–Kier alpha value is -4.07. The number of pyridine rings is 1. The molecule has 0 aliphatic rings. The fraction of sp³-hybridized carbons (Fsp3) is 0.296. The van der Waals surface area contributed by atoms with E-state index in [1.165, 1.54) is 12.0 Å². The summed E-state index contributed by atoms with van der Waals surface area (Å²) in [5.74, 6) is -0.577. The van der Waals surface area contributed by atoms with Crippen LogP contribution in [0, 0.1) is 24.0 Å². The molecule has 0 radical (unpaired) electrons. The number of aromatic nitrogens is 1. The minimum Gasteiger partial charge on any atom is -0.465 e. The SMILES string of the molecule is CCCCC(=O)N(Cc1ccc(-c2ccccc2C(=O)OC)cc1)c1nc(C)cc(C)c1[N+](=O)[O-]. The summed E-state index contributed by atoms with van der Waals surface area (Å²) < 4.78 is 4.89. The van der Waals surface area contributed by atoms with Crippen LogP contribution < -0.4 is 4.90 Å². The van der Waals surface area contributed by atoms with Gasteiger partial charge in [-0.2, -0.15) is 0 Å². The third-order valence-corrected chi connectivity index (χ3v) is 5.71. The van der Waals surface area contributed by atoms with Gasteiger partial charge in [-0.3, -0.25) is 19.8 Å². The third-order valence-electron chi connectivity index (χ3n) is 5.71. The van der Waals surface area contributed by atoms with E-state index in [1.54, 1.807) is 32.0 Å². The molecule has 0 fully saturated rings. The molecule has 1 aromatic heterocycles. The van der Waals surface area contributed by atoms with E-state index in [-0.39, 0.29) is 30.4 Å². The number of hydrogen-bond acceptors (Lipinski definition) is 6. The van der Waals surface area contributed by atoms with Crippen LogP contribution in [0.3, 0.4) is 0 Å². The van der Waals surface area contributed by atoms with Crippen molar-refractivity contribution in [1.82, 2.24) is 4.98 Å². The number of nitrogens with zero attached hydrogens (tertiary/aromatic N) is 3. The van der Waals surface area contributed by atoms with E-state index in [2.05, 4.69) is 4.98 Å². The summed E-state index contributed by atoms with van der Waals surface area (Å²) in [6, 6.07) is 16.2. The van der Waals surface area contributed by atoms with Gasteiger partial charge in [-0.25, -0.2) is 9.78 Å². The highest BCUT2D eigenvalue weighted by Gasteiger charge is 2.28. The monoisotopic (exact) mass is 475 g/mol. The molecule has 0 aliphatic heterocycles. The largest absolute Gasteiger partial charge is 0.465 e. The molecule has 1 heterocycles. The first kappa shape index (κ1) is 25.6. The lowest BCUT2D eigenvalue weighted by molar-refractivity contribution is -0.384. The predicted molar refractivity (Wildman–Crippen MR) is 134 cm³/mol. The van der Waals surface area contributed by atoms with Gasteiger partial charge >= 0.3 is 11.7 Å². The zero-order chi connectivity index (χ0) is 25.5. The molecule has 182 valence electrons. The quantitative estimate of drug-likeness (QED) is 0.221. The Labute approximate surface area is 204 Å². The molecule has 0 saturated carbocycles. The van der Waals surface area contributed by atoms with E-state index in [0.29, 0.717) is 23.2 Å². The molecule has 0 N–H and O–H groups in total. The highest BCUT2D eigenvalue weighted by molar-refractivity contribution is 5.97. The number of carbonyl (C=O) groups is 2. The van der Waals surface area contributed by atoms with Crippen molar-refractivity contribution >= 4 is 23.4 Å². The number of aryl methyl sites for hydroxylation is 2. The van der Waals surface area contributed by atoms with Gasteiger partial charge in [-0.15, -0.1) is 0 Å². The number of esters is 1. The first-order chi connectivity index (χ1) is 16.8. The summed E-state index contributed by atoms with van der Waals surface area (Å²) in [5.41, 5.74) is 3.68. The molecule has 0 spiro atoms. The average molecular weight is 476 g/mol. The van der Waals surface area contributed by atoms with E-state index in [0.717, 1.165) is 23.1 Å². The average Bonchev–Trinajstić information content (AvgIpc) is 2.85. The first-order valence-electron chi connectivity index (χ1n) is 11.5.